The van der Waals surface area contributed by atoms with E-state index in [-0.39, 0.29) is 5.91 Å². The highest BCUT2D eigenvalue weighted by Gasteiger charge is 2.07. The van der Waals surface area contributed by atoms with Crippen molar-refractivity contribution in [2.45, 2.75) is 6.92 Å². The average molecular weight is 307 g/mol. The summed E-state index contributed by atoms with van der Waals surface area (Å²) in [6.45, 7) is 1.84. The van der Waals surface area contributed by atoms with Crippen LogP contribution in [0.3, 0.4) is 0 Å². The molecule has 0 radical (unpaired) electrons. The third-order valence-corrected chi connectivity index (χ3v) is 2.93. The van der Waals surface area contributed by atoms with Gasteiger partial charge in [0.15, 0.2) is 0 Å². The van der Waals surface area contributed by atoms with E-state index in [1.807, 2.05) is 19.1 Å². The van der Waals surface area contributed by atoms with Gasteiger partial charge in [0.05, 0.1) is 11.8 Å². The molecule has 5 heteroatoms. The summed E-state index contributed by atoms with van der Waals surface area (Å²) < 4.78 is 6.01. The first-order valence-electron chi connectivity index (χ1n) is 5.31. The second kappa shape index (κ2) is 5.64. The maximum atomic E-state index is 11.8. The molecule has 0 spiro atoms. The molecule has 0 aliphatic rings. The number of hydrogen-bond donors (Lipinski definition) is 1. The van der Waals surface area contributed by atoms with Crippen molar-refractivity contribution in [1.29, 1.82) is 0 Å². The molecule has 92 valence electrons. The fraction of sp³-hybridized carbons (Fsp3) is 0.0769. The first-order valence-corrected chi connectivity index (χ1v) is 6.10. The molecule has 0 bridgehead atoms. The number of nitrogens with one attached hydrogen (secondary N) is 1. The molecule has 0 unspecified atom stereocenters. The number of hydrogen-bond acceptors (Lipinski definition) is 3. The Morgan fingerprint density at radius 2 is 2.11 bits per heavy atom. The summed E-state index contributed by atoms with van der Waals surface area (Å²) in [6.07, 6.45) is 1.46. The molecule has 1 heterocycles. The monoisotopic (exact) mass is 306 g/mol. The number of rotatable bonds is 3. The molecule has 0 saturated carbocycles. The number of amides is 1. The summed E-state index contributed by atoms with van der Waals surface area (Å²) in [7, 11) is 0. The zero-order chi connectivity index (χ0) is 13.0. The Labute approximate surface area is 113 Å². The van der Waals surface area contributed by atoms with Gasteiger partial charge in [0.1, 0.15) is 11.5 Å². The molecule has 0 fully saturated rings. The minimum atomic E-state index is -0.276. The lowest BCUT2D eigenvalue weighted by Gasteiger charge is -2.01. The summed E-state index contributed by atoms with van der Waals surface area (Å²) >= 11 is 3.31. The summed E-state index contributed by atoms with van der Waals surface area (Å²) in [5, 5.41) is 3.83. The third-order valence-electron chi connectivity index (χ3n) is 2.24. The molecular formula is C13H11BrN2O2. The Balaban J connectivity index is 2.01. The van der Waals surface area contributed by atoms with Crippen molar-refractivity contribution >= 4 is 28.1 Å². The number of hydrazone groups is 1. The zero-order valence-electron chi connectivity index (χ0n) is 9.68. The van der Waals surface area contributed by atoms with E-state index in [2.05, 4.69) is 26.5 Å². The van der Waals surface area contributed by atoms with Crippen molar-refractivity contribution < 1.29 is 9.21 Å². The Kier molecular flexibility index (Phi) is 3.94. The Bertz CT molecular complexity index is 590. The van der Waals surface area contributed by atoms with E-state index < -0.39 is 0 Å². The molecule has 1 aromatic carbocycles. The van der Waals surface area contributed by atoms with Crippen LogP contribution in [0.1, 0.15) is 21.9 Å². The third kappa shape index (κ3) is 3.07. The largest absolute Gasteiger partial charge is 0.460 e. The molecule has 0 saturated heterocycles. The van der Waals surface area contributed by atoms with Gasteiger partial charge in [0.2, 0.25) is 0 Å². The van der Waals surface area contributed by atoms with Crippen LogP contribution in [-0.4, -0.2) is 12.1 Å². The van der Waals surface area contributed by atoms with E-state index in [0.29, 0.717) is 11.3 Å². The Morgan fingerprint density at radius 3 is 2.78 bits per heavy atom. The number of carbonyl (C=O) groups is 1. The number of aryl methyl sites for hydroxylation is 1. The molecule has 1 amide bonds. The molecule has 18 heavy (non-hydrogen) atoms. The average Bonchev–Trinajstić information content (AvgIpc) is 2.75. The van der Waals surface area contributed by atoms with E-state index in [0.717, 1.165) is 10.2 Å². The van der Waals surface area contributed by atoms with Gasteiger partial charge in [-0.3, -0.25) is 4.79 Å². The van der Waals surface area contributed by atoms with Crippen molar-refractivity contribution in [3.05, 3.63) is 58.0 Å². The number of furan rings is 1. The van der Waals surface area contributed by atoms with E-state index in [1.165, 1.54) is 6.21 Å². The molecule has 1 N–H and O–H groups in total. The number of benzene rings is 1. The first-order chi connectivity index (χ1) is 8.66. The smallest absolute Gasteiger partial charge is 0.272 e. The van der Waals surface area contributed by atoms with Gasteiger partial charge in [-0.25, -0.2) is 5.43 Å². The van der Waals surface area contributed by atoms with Gasteiger partial charge < -0.3 is 4.42 Å². The van der Waals surface area contributed by atoms with Crippen molar-refractivity contribution in [1.82, 2.24) is 5.43 Å². The summed E-state index contributed by atoms with van der Waals surface area (Å²) in [5.74, 6) is 1.12. The van der Waals surface area contributed by atoms with Crippen LogP contribution in [0.2, 0.25) is 0 Å². The molecule has 2 aromatic rings. The van der Waals surface area contributed by atoms with Gasteiger partial charge in [-0.1, -0.05) is 12.1 Å². The standard InChI is InChI=1S/C13H11BrN2O2/c1-9-6-7-10(18-9)8-15-16-13(17)11-4-2-3-5-12(11)14/h2-8H,1H3,(H,16,17)/b15-8-. The predicted molar refractivity (Wildman–Crippen MR) is 72.6 cm³/mol. The second-order valence-corrected chi connectivity index (χ2v) is 4.48. The molecule has 0 atom stereocenters. The van der Waals surface area contributed by atoms with Crippen molar-refractivity contribution in [3.63, 3.8) is 0 Å². The first kappa shape index (κ1) is 12.6. The van der Waals surface area contributed by atoms with Crippen molar-refractivity contribution in [2.24, 2.45) is 5.10 Å². The maximum absolute atomic E-state index is 11.8. The van der Waals surface area contributed by atoms with Crippen LogP contribution in [0.4, 0.5) is 0 Å². The SMILES string of the molecule is Cc1ccc(/C=N\NC(=O)c2ccccc2Br)o1. The molecular weight excluding hydrogens is 296 g/mol. The van der Waals surface area contributed by atoms with E-state index in [4.69, 9.17) is 4.42 Å². The number of halogens is 1. The van der Waals surface area contributed by atoms with Crippen LogP contribution in [0.15, 0.2) is 50.4 Å². The minimum absolute atomic E-state index is 0.276. The van der Waals surface area contributed by atoms with E-state index in [1.54, 1.807) is 24.3 Å². The number of nitrogens with zero attached hydrogens (tertiary/aromatic N) is 1. The lowest BCUT2D eigenvalue weighted by molar-refractivity contribution is 0.0954. The summed E-state index contributed by atoms with van der Waals surface area (Å²) in [6, 6.07) is 10.8. The van der Waals surface area contributed by atoms with Gasteiger partial charge in [-0.2, -0.15) is 5.10 Å². The van der Waals surface area contributed by atoms with Gasteiger partial charge in [-0.05, 0) is 47.1 Å². The van der Waals surface area contributed by atoms with Crippen molar-refractivity contribution in [2.75, 3.05) is 0 Å². The van der Waals surface area contributed by atoms with Crippen LogP contribution in [-0.2, 0) is 0 Å². The number of carbonyl (C=O) groups excluding carboxylic acids is 1. The molecule has 2 rings (SSSR count). The Morgan fingerprint density at radius 1 is 1.33 bits per heavy atom. The van der Waals surface area contributed by atoms with E-state index in [9.17, 15) is 4.79 Å². The summed E-state index contributed by atoms with van der Waals surface area (Å²) in [4.78, 5) is 11.8. The lowest BCUT2D eigenvalue weighted by atomic mass is 10.2. The normalized spacial score (nSPS) is 10.8. The lowest BCUT2D eigenvalue weighted by Crippen LogP contribution is -2.17. The Hall–Kier alpha value is -1.88. The minimum Gasteiger partial charge on any atom is -0.460 e. The fourth-order valence-corrected chi connectivity index (χ4v) is 1.85. The molecule has 0 aliphatic heterocycles. The van der Waals surface area contributed by atoms with Crippen molar-refractivity contribution in [3.8, 4) is 0 Å². The summed E-state index contributed by atoms with van der Waals surface area (Å²) in [5.41, 5.74) is 2.97. The van der Waals surface area contributed by atoms with Crippen LogP contribution >= 0.6 is 15.9 Å². The quantitative estimate of drug-likeness (QED) is 0.699. The highest BCUT2D eigenvalue weighted by atomic mass is 79.9. The maximum Gasteiger partial charge on any atom is 0.272 e. The van der Waals surface area contributed by atoms with Crippen LogP contribution in [0.25, 0.3) is 0 Å². The van der Waals surface area contributed by atoms with Gasteiger partial charge >= 0.3 is 0 Å². The predicted octanol–water partition coefficient (Wildman–Crippen LogP) is 3.11. The van der Waals surface area contributed by atoms with Gasteiger partial charge in [0.25, 0.3) is 5.91 Å². The van der Waals surface area contributed by atoms with Crippen LogP contribution in [0, 0.1) is 6.92 Å². The highest BCUT2D eigenvalue weighted by Crippen LogP contribution is 2.15. The van der Waals surface area contributed by atoms with Crippen LogP contribution in [0.5, 0.6) is 0 Å². The van der Waals surface area contributed by atoms with E-state index >= 15 is 0 Å². The fourth-order valence-electron chi connectivity index (χ4n) is 1.38. The highest BCUT2D eigenvalue weighted by molar-refractivity contribution is 9.10. The molecule has 1 aromatic heterocycles. The molecule has 4 nitrogen and oxygen atoms in total. The van der Waals surface area contributed by atoms with Gasteiger partial charge in [0, 0.05) is 4.47 Å². The van der Waals surface area contributed by atoms with Gasteiger partial charge in [-0.15, -0.1) is 0 Å². The molecule has 0 aliphatic carbocycles. The van der Waals surface area contributed by atoms with Crippen LogP contribution < -0.4 is 5.43 Å². The topological polar surface area (TPSA) is 54.6 Å². The zero-order valence-corrected chi connectivity index (χ0v) is 11.3. The second-order valence-electron chi connectivity index (χ2n) is 3.63.